The minimum atomic E-state index is 0.228. The Labute approximate surface area is 96.7 Å². The van der Waals surface area contributed by atoms with Crippen molar-refractivity contribution >= 4 is 16.9 Å². The molecule has 0 aromatic heterocycles. The van der Waals surface area contributed by atoms with Gasteiger partial charge in [0, 0.05) is 23.9 Å². The molecule has 1 heterocycles. The third kappa shape index (κ3) is 3.38. The van der Waals surface area contributed by atoms with Gasteiger partial charge in [0.25, 0.3) is 0 Å². The summed E-state index contributed by atoms with van der Waals surface area (Å²) in [4.78, 5) is 7.02. The molecule has 2 fully saturated rings. The highest BCUT2D eigenvalue weighted by molar-refractivity contribution is 8.14. The Bertz CT molecular complexity index is 259. The van der Waals surface area contributed by atoms with E-state index >= 15 is 0 Å². The molecule has 0 amide bonds. The second-order valence-corrected chi connectivity index (χ2v) is 6.16. The van der Waals surface area contributed by atoms with Gasteiger partial charge in [-0.15, -0.1) is 0 Å². The van der Waals surface area contributed by atoms with Crippen molar-refractivity contribution in [2.75, 3.05) is 25.9 Å². The van der Waals surface area contributed by atoms with Gasteiger partial charge in [-0.25, -0.2) is 0 Å². The van der Waals surface area contributed by atoms with Crippen LogP contribution in [0.25, 0.3) is 0 Å². The molecule has 4 heteroatoms. The fourth-order valence-corrected chi connectivity index (χ4v) is 2.80. The van der Waals surface area contributed by atoms with Crippen LogP contribution in [0.4, 0.5) is 0 Å². The van der Waals surface area contributed by atoms with Gasteiger partial charge in [0.15, 0.2) is 5.17 Å². The summed E-state index contributed by atoms with van der Waals surface area (Å²) in [5, 5.41) is 4.57. The van der Waals surface area contributed by atoms with Crippen molar-refractivity contribution in [3.63, 3.8) is 0 Å². The molecule has 0 bridgehead atoms. The van der Waals surface area contributed by atoms with Gasteiger partial charge in [-0.3, -0.25) is 4.99 Å². The molecule has 0 atom stereocenters. The molecule has 1 saturated carbocycles. The summed E-state index contributed by atoms with van der Waals surface area (Å²) in [5.74, 6) is 1.13. The first-order valence-corrected chi connectivity index (χ1v) is 6.71. The number of aliphatic imine (C=N–C) groups is 1. The number of nitrogens with one attached hydrogen (secondary N) is 1. The second-order valence-electron chi connectivity index (χ2n) is 5.20. The van der Waals surface area contributed by atoms with Gasteiger partial charge in [0.2, 0.25) is 0 Å². The smallest absolute Gasteiger partial charge is 0.157 e. The fraction of sp³-hybridized carbons (Fsp3) is 0.909. The summed E-state index contributed by atoms with van der Waals surface area (Å²) in [6.07, 6.45) is 2.76. The van der Waals surface area contributed by atoms with E-state index in [-0.39, 0.29) is 5.54 Å². The lowest BCUT2D eigenvalue weighted by Gasteiger charge is -2.16. The second kappa shape index (κ2) is 4.34. The van der Waals surface area contributed by atoms with Crippen LogP contribution in [0.1, 0.15) is 26.7 Å². The van der Waals surface area contributed by atoms with E-state index in [0.29, 0.717) is 0 Å². The van der Waals surface area contributed by atoms with Gasteiger partial charge in [0.05, 0.1) is 6.54 Å². The molecule has 1 saturated heterocycles. The van der Waals surface area contributed by atoms with E-state index in [2.05, 4.69) is 36.1 Å². The topological polar surface area (TPSA) is 27.6 Å². The minimum Gasteiger partial charge on any atom is -0.359 e. The number of hydrogen-bond acceptors (Lipinski definition) is 3. The lowest BCUT2D eigenvalue weighted by Crippen LogP contribution is -2.37. The Balaban J connectivity index is 1.70. The minimum absolute atomic E-state index is 0.228. The Hall–Kier alpha value is -0.220. The van der Waals surface area contributed by atoms with Gasteiger partial charge < -0.3 is 10.2 Å². The molecule has 3 nitrogen and oxygen atoms in total. The monoisotopic (exact) mass is 227 g/mol. The van der Waals surface area contributed by atoms with E-state index in [1.165, 1.54) is 12.8 Å². The van der Waals surface area contributed by atoms with E-state index in [9.17, 15) is 0 Å². The van der Waals surface area contributed by atoms with Crippen molar-refractivity contribution < 1.29 is 0 Å². The lowest BCUT2D eigenvalue weighted by molar-refractivity contribution is 0.334. The molecule has 0 aromatic carbocycles. The largest absolute Gasteiger partial charge is 0.359 e. The molecule has 0 spiro atoms. The average molecular weight is 227 g/mol. The highest BCUT2D eigenvalue weighted by Crippen LogP contribution is 2.25. The normalized spacial score (nSPS) is 27.3. The fourth-order valence-electron chi connectivity index (χ4n) is 1.70. The lowest BCUT2D eigenvalue weighted by atomic mass is 10.1. The van der Waals surface area contributed by atoms with E-state index in [1.807, 2.05) is 11.8 Å². The Morgan fingerprint density at radius 1 is 1.53 bits per heavy atom. The zero-order valence-electron chi connectivity index (χ0n) is 9.92. The van der Waals surface area contributed by atoms with Crippen LogP contribution in [0.15, 0.2) is 4.99 Å². The number of nitrogens with zero attached hydrogens (tertiary/aromatic N) is 2. The standard InChI is InChI=1S/C11H21N3S/c1-11(2)8-15-10(13-11)12-6-7-14(3)9-4-5-9/h9H,4-8H2,1-3H3,(H,12,13). The van der Waals surface area contributed by atoms with Crippen molar-refractivity contribution in [3.05, 3.63) is 0 Å². The van der Waals surface area contributed by atoms with Crippen LogP contribution in [0.5, 0.6) is 0 Å². The summed E-state index contributed by atoms with van der Waals surface area (Å²) < 4.78 is 0. The molecule has 0 unspecified atom stereocenters. The number of amidine groups is 1. The highest BCUT2D eigenvalue weighted by Gasteiger charge is 2.28. The first-order valence-electron chi connectivity index (χ1n) is 5.72. The summed E-state index contributed by atoms with van der Waals surface area (Å²) in [5.41, 5.74) is 0.228. The summed E-state index contributed by atoms with van der Waals surface area (Å²) in [6.45, 7) is 6.47. The molecular formula is C11H21N3S. The van der Waals surface area contributed by atoms with E-state index in [4.69, 9.17) is 0 Å². The predicted octanol–water partition coefficient (Wildman–Crippen LogP) is 1.55. The SMILES string of the molecule is CN(CCN=C1NC(C)(C)CS1)C1CC1. The first-order chi connectivity index (χ1) is 7.07. The van der Waals surface area contributed by atoms with Crippen LogP contribution in [-0.2, 0) is 0 Å². The molecule has 1 aliphatic carbocycles. The van der Waals surface area contributed by atoms with Crippen LogP contribution in [0.3, 0.4) is 0 Å². The van der Waals surface area contributed by atoms with Gasteiger partial charge >= 0.3 is 0 Å². The van der Waals surface area contributed by atoms with Crippen LogP contribution < -0.4 is 5.32 Å². The Morgan fingerprint density at radius 2 is 2.27 bits per heavy atom. The molecule has 0 radical (unpaired) electrons. The quantitative estimate of drug-likeness (QED) is 0.790. The molecule has 1 N–H and O–H groups in total. The van der Waals surface area contributed by atoms with Crippen LogP contribution in [-0.4, -0.2) is 47.5 Å². The van der Waals surface area contributed by atoms with Crippen molar-refractivity contribution in [1.29, 1.82) is 0 Å². The number of likely N-dealkylation sites (N-methyl/N-ethyl adjacent to an activating group) is 1. The average Bonchev–Trinajstić information content (AvgIpc) is 2.92. The van der Waals surface area contributed by atoms with Crippen molar-refractivity contribution in [1.82, 2.24) is 10.2 Å². The Morgan fingerprint density at radius 3 is 2.80 bits per heavy atom. The van der Waals surface area contributed by atoms with Crippen LogP contribution in [0.2, 0.25) is 0 Å². The van der Waals surface area contributed by atoms with Gasteiger partial charge in [-0.05, 0) is 33.7 Å². The summed E-state index contributed by atoms with van der Waals surface area (Å²) in [7, 11) is 2.21. The molecule has 1 aliphatic heterocycles. The number of hydrogen-bond donors (Lipinski definition) is 1. The van der Waals surface area contributed by atoms with Gasteiger partial charge in [-0.2, -0.15) is 0 Å². The maximum Gasteiger partial charge on any atom is 0.157 e. The highest BCUT2D eigenvalue weighted by atomic mass is 32.2. The van der Waals surface area contributed by atoms with Crippen LogP contribution >= 0.6 is 11.8 Å². The Kier molecular flexibility index (Phi) is 3.26. The van der Waals surface area contributed by atoms with Crippen LogP contribution in [0, 0.1) is 0 Å². The first kappa shape index (κ1) is 11.3. The number of thioether (sulfide) groups is 1. The van der Waals surface area contributed by atoms with E-state index in [0.717, 1.165) is 30.1 Å². The van der Waals surface area contributed by atoms with Crippen molar-refractivity contribution in [2.24, 2.45) is 4.99 Å². The molecule has 15 heavy (non-hydrogen) atoms. The van der Waals surface area contributed by atoms with E-state index < -0.39 is 0 Å². The number of rotatable bonds is 4. The third-order valence-corrected chi connectivity index (χ3v) is 4.26. The molecule has 2 aliphatic rings. The summed E-state index contributed by atoms with van der Waals surface area (Å²) >= 11 is 1.85. The maximum atomic E-state index is 4.60. The molecule has 86 valence electrons. The maximum absolute atomic E-state index is 4.60. The van der Waals surface area contributed by atoms with Gasteiger partial charge in [0.1, 0.15) is 0 Å². The molecule has 2 rings (SSSR count). The van der Waals surface area contributed by atoms with Crippen molar-refractivity contribution in [3.8, 4) is 0 Å². The summed E-state index contributed by atoms with van der Waals surface area (Å²) in [6, 6.07) is 0.853. The van der Waals surface area contributed by atoms with Gasteiger partial charge in [-0.1, -0.05) is 11.8 Å². The van der Waals surface area contributed by atoms with Crippen molar-refractivity contribution in [2.45, 2.75) is 38.3 Å². The molecular weight excluding hydrogens is 206 g/mol. The zero-order valence-corrected chi connectivity index (χ0v) is 10.7. The van der Waals surface area contributed by atoms with E-state index in [1.54, 1.807) is 0 Å². The third-order valence-electron chi connectivity index (χ3n) is 2.89. The predicted molar refractivity (Wildman–Crippen MR) is 67.6 cm³/mol. The zero-order chi connectivity index (χ0) is 10.9. The molecule has 0 aromatic rings.